The van der Waals surface area contributed by atoms with Crippen molar-refractivity contribution in [2.24, 2.45) is 0 Å². The number of rotatable bonds is 7. The summed E-state index contributed by atoms with van der Waals surface area (Å²) in [5.41, 5.74) is 23.2. The Morgan fingerprint density at radius 1 is 0.242 bits per heavy atom. The Balaban J connectivity index is 1.00. The van der Waals surface area contributed by atoms with Gasteiger partial charge in [-0.1, -0.05) is 226 Å². The quantitative estimate of drug-likeness (QED) is 0.155. The lowest BCUT2D eigenvalue weighted by molar-refractivity contribution is 0.660. The molecule has 10 aromatic carbocycles. The summed E-state index contributed by atoms with van der Waals surface area (Å²) in [6.07, 6.45) is 0. The van der Waals surface area contributed by atoms with Gasteiger partial charge in [-0.2, -0.15) is 0 Å². The summed E-state index contributed by atoms with van der Waals surface area (Å²) in [7, 11) is 0. The van der Waals surface area contributed by atoms with Gasteiger partial charge in [0, 0.05) is 22.5 Å². The van der Waals surface area contributed by atoms with Crippen LogP contribution in [0, 0.1) is 0 Å². The number of hydrogen-bond donors (Lipinski definition) is 0. The predicted octanol–water partition coefficient (Wildman–Crippen LogP) is 16.2. The highest BCUT2D eigenvalue weighted by atomic mass is 15.1. The molecule has 0 atom stereocenters. The number of hydrogen-bond acceptors (Lipinski definition) is 1. The third-order valence-electron chi connectivity index (χ3n) is 15.3. The van der Waals surface area contributed by atoms with Crippen LogP contribution < -0.4 is 4.90 Å². The van der Waals surface area contributed by atoms with Crippen LogP contribution in [0.5, 0.6) is 0 Å². The Bertz CT molecular complexity index is 3220. The maximum Gasteiger partial charge on any atom is 0.0713 e. The monoisotopic (exact) mass is 841 g/mol. The van der Waals surface area contributed by atoms with Gasteiger partial charge in [0.05, 0.1) is 10.8 Å². The van der Waals surface area contributed by atoms with Crippen molar-refractivity contribution in [3.8, 4) is 33.4 Å². The Hall–Kier alpha value is -8.00. The van der Waals surface area contributed by atoms with Crippen LogP contribution >= 0.6 is 0 Å². The minimum Gasteiger partial charge on any atom is -0.310 e. The number of nitrogens with zero attached hydrogens (tertiary/aromatic N) is 1. The molecule has 0 saturated heterocycles. The number of fused-ring (bicyclic) bond motifs is 9. The molecular weight excluding hydrogens is 795 g/mol. The van der Waals surface area contributed by atoms with Gasteiger partial charge in [0.2, 0.25) is 0 Å². The van der Waals surface area contributed by atoms with Crippen molar-refractivity contribution in [1.29, 1.82) is 0 Å². The van der Waals surface area contributed by atoms with E-state index in [1.807, 2.05) is 0 Å². The van der Waals surface area contributed by atoms with Gasteiger partial charge in [0.1, 0.15) is 0 Å². The Morgan fingerprint density at radius 2 is 0.530 bits per heavy atom. The van der Waals surface area contributed by atoms with Crippen molar-refractivity contribution in [3.05, 3.63) is 304 Å². The topological polar surface area (TPSA) is 3.24 Å². The van der Waals surface area contributed by atoms with E-state index in [1.54, 1.807) is 0 Å². The van der Waals surface area contributed by atoms with Gasteiger partial charge in [0.25, 0.3) is 0 Å². The van der Waals surface area contributed by atoms with Crippen molar-refractivity contribution in [2.75, 3.05) is 4.90 Å². The van der Waals surface area contributed by atoms with Crippen LogP contribution in [0.15, 0.2) is 249 Å². The normalized spacial score (nSPS) is 14.9. The SMILES string of the molecule is CC1(C)c2ccccc2-c2ccc(N(c3ccc(C4(c5ccccc5)c5ccccc5-c5ccccc54)cc3)c3ccc(C4(c5ccccc5)c5ccccc5-c5ccccc54)cc3)cc21. The van der Waals surface area contributed by atoms with Crippen LogP contribution in [0.2, 0.25) is 0 Å². The van der Waals surface area contributed by atoms with Crippen molar-refractivity contribution in [2.45, 2.75) is 30.1 Å². The van der Waals surface area contributed by atoms with Crippen molar-refractivity contribution in [3.63, 3.8) is 0 Å². The summed E-state index contributed by atoms with van der Waals surface area (Å²) in [5, 5.41) is 0. The van der Waals surface area contributed by atoms with Crippen LogP contribution in [0.25, 0.3) is 33.4 Å². The van der Waals surface area contributed by atoms with Crippen molar-refractivity contribution >= 4 is 17.1 Å². The van der Waals surface area contributed by atoms with Gasteiger partial charge in [-0.25, -0.2) is 0 Å². The minimum absolute atomic E-state index is 0.141. The lowest BCUT2D eigenvalue weighted by Gasteiger charge is -2.35. The van der Waals surface area contributed by atoms with Gasteiger partial charge in [-0.15, -0.1) is 0 Å². The molecule has 3 aliphatic rings. The molecule has 0 N–H and O–H groups in total. The van der Waals surface area contributed by atoms with E-state index in [1.165, 1.54) is 89.0 Å². The summed E-state index contributed by atoms with van der Waals surface area (Å²) in [5.74, 6) is 0. The highest BCUT2D eigenvalue weighted by molar-refractivity contribution is 5.90. The Morgan fingerprint density at radius 3 is 0.924 bits per heavy atom. The zero-order chi connectivity index (χ0) is 44.0. The van der Waals surface area contributed by atoms with Crippen LogP contribution in [0.4, 0.5) is 17.1 Å². The Labute approximate surface area is 388 Å². The first-order valence-electron chi connectivity index (χ1n) is 23.3. The molecule has 0 unspecified atom stereocenters. The molecule has 1 nitrogen and oxygen atoms in total. The second kappa shape index (κ2) is 14.5. The van der Waals surface area contributed by atoms with Gasteiger partial charge >= 0.3 is 0 Å². The van der Waals surface area contributed by atoms with Gasteiger partial charge in [-0.3, -0.25) is 0 Å². The summed E-state index contributed by atoms with van der Waals surface area (Å²) < 4.78 is 0. The minimum atomic E-state index is -0.470. The molecule has 0 fully saturated rings. The zero-order valence-electron chi connectivity index (χ0n) is 37.1. The molecule has 0 saturated carbocycles. The van der Waals surface area contributed by atoms with E-state index in [-0.39, 0.29) is 5.41 Å². The van der Waals surface area contributed by atoms with Crippen LogP contribution in [-0.2, 0) is 16.2 Å². The molecule has 0 radical (unpaired) electrons. The van der Waals surface area contributed by atoms with Crippen molar-refractivity contribution in [1.82, 2.24) is 0 Å². The maximum atomic E-state index is 2.46. The maximum absolute atomic E-state index is 2.46. The predicted molar refractivity (Wildman–Crippen MR) is 273 cm³/mol. The summed E-state index contributed by atoms with van der Waals surface area (Å²) in [6.45, 7) is 4.74. The average molecular weight is 842 g/mol. The molecule has 312 valence electrons. The van der Waals surface area contributed by atoms with Gasteiger partial charge in [-0.05, 0) is 125 Å². The van der Waals surface area contributed by atoms with E-state index >= 15 is 0 Å². The lowest BCUT2D eigenvalue weighted by atomic mass is 9.67. The molecule has 1 heteroatoms. The van der Waals surface area contributed by atoms with Crippen LogP contribution in [-0.4, -0.2) is 0 Å². The van der Waals surface area contributed by atoms with E-state index < -0.39 is 10.8 Å². The zero-order valence-corrected chi connectivity index (χ0v) is 37.1. The van der Waals surface area contributed by atoms with Gasteiger partial charge in [0.15, 0.2) is 0 Å². The first kappa shape index (κ1) is 38.5. The molecule has 0 heterocycles. The average Bonchev–Trinajstić information content (AvgIpc) is 3.95. The third-order valence-corrected chi connectivity index (χ3v) is 15.3. The van der Waals surface area contributed by atoms with Crippen molar-refractivity contribution < 1.29 is 0 Å². The molecule has 10 aromatic rings. The van der Waals surface area contributed by atoms with Crippen LogP contribution in [0.3, 0.4) is 0 Å². The standard InChI is InChI=1S/C65H47N/c1-63(2)57-28-14-9-23-51(57)56-42-41-50(43-62(56)63)66(48-37-33-46(34-38-48)64(44-19-5-3-6-20-44)58-29-15-10-24-52(58)53-25-11-16-30-59(53)64)49-39-35-47(36-40-49)65(45-21-7-4-8-22-45)60-31-17-12-26-54(60)55-27-13-18-32-61(55)65/h3-43H,1-2H3. The third kappa shape index (κ3) is 5.23. The fourth-order valence-corrected chi connectivity index (χ4v) is 12.4. The summed E-state index contributed by atoms with van der Waals surface area (Å²) in [6, 6.07) is 93.1. The molecular formula is C65H47N. The smallest absolute Gasteiger partial charge is 0.0713 e. The summed E-state index contributed by atoms with van der Waals surface area (Å²) in [4.78, 5) is 2.46. The fraction of sp³-hybridized carbons (Fsp3) is 0.0769. The molecule has 0 amide bonds. The van der Waals surface area contributed by atoms with E-state index in [0.717, 1.165) is 17.1 Å². The molecule has 3 aliphatic carbocycles. The number of anilines is 3. The van der Waals surface area contributed by atoms with E-state index in [4.69, 9.17) is 0 Å². The van der Waals surface area contributed by atoms with Gasteiger partial charge < -0.3 is 4.90 Å². The second-order valence-electron chi connectivity index (χ2n) is 18.7. The molecule has 66 heavy (non-hydrogen) atoms. The molecule has 0 spiro atoms. The molecule has 13 rings (SSSR count). The highest BCUT2D eigenvalue weighted by Crippen LogP contribution is 2.58. The van der Waals surface area contributed by atoms with E-state index in [0.29, 0.717) is 0 Å². The van der Waals surface area contributed by atoms with E-state index in [2.05, 4.69) is 267 Å². The number of benzene rings is 10. The highest BCUT2D eigenvalue weighted by Gasteiger charge is 2.47. The van der Waals surface area contributed by atoms with E-state index in [9.17, 15) is 0 Å². The second-order valence-corrected chi connectivity index (χ2v) is 18.7. The molecule has 0 aromatic heterocycles. The Kier molecular flexibility index (Phi) is 8.45. The lowest BCUT2D eigenvalue weighted by Crippen LogP contribution is -2.28. The first-order chi connectivity index (χ1) is 32.5. The molecule has 0 aliphatic heterocycles. The molecule has 0 bridgehead atoms. The van der Waals surface area contributed by atoms with Crippen LogP contribution in [0.1, 0.15) is 69.5 Å². The largest absolute Gasteiger partial charge is 0.310 e. The summed E-state index contributed by atoms with van der Waals surface area (Å²) >= 11 is 0. The fourth-order valence-electron chi connectivity index (χ4n) is 12.4. The first-order valence-corrected chi connectivity index (χ1v) is 23.3.